The van der Waals surface area contributed by atoms with E-state index in [0.29, 0.717) is 34.7 Å². The van der Waals surface area contributed by atoms with Crippen LogP contribution in [0.15, 0.2) is 36.5 Å². The van der Waals surface area contributed by atoms with Gasteiger partial charge in [0, 0.05) is 31.5 Å². The molecular formula is C22H28Cl2N4O2. The van der Waals surface area contributed by atoms with Gasteiger partial charge in [-0.1, -0.05) is 43.1 Å². The molecule has 1 aliphatic rings. The molecule has 0 radical (unpaired) electrons. The molecule has 8 heteroatoms. The third-order valence-electron chi connectivity index (χ3n) is 5.09. The van der Waals surface area contributed by atoms with Crippen molar-refractivity contribution in [2.75, 3.05) is 18.4 Å². The van der Waals surface area contributed by atoms with Crippen LogP contribution in [0.3, 0.4) is 0 Å². The molecule has 3 rings (SSSR count). The van der Waals surface area contributed by atoms with Crippen LogP contribution in [0.4, 0.5) is 10.5 Å². The van der Waals surface area contributed by atoms with Gasteiger partial charge in [0.15, 0.2) is 0 Å². The number of nitrogens with zero attached hydrogens (tertiary/aromatic N) is 3. The highest BCUT2D eigenvalue weighted by Crippen LogP contribution is 2.31. The van der Waals surface area contributed by atoms with Gasteiger partial charge in [0.25, 0.3) is 0 Å². The summed E-state index contributed by atoms with van der Waals surface area (Å²) in [5.41, 5.74) is 1.49. The van der Waals surface area contributed by atoms with Crippen molar-refractivity contribution < 1.29 is 9.59 Å². The Morgan fingerprint density at radius 1 is 1.20 bits per heavy atom. The molecule has 0 atom stereocenters. The van der Waals surface area contributed by atoms with Crippen molar-refractivity contribution in [2.45, 2.75) is 39.3 Å². The van der Waals surface area contributed by atoms with Gasteiger partial charge in [0.1, 0.15) is 6.54 Å². The van der Waals surface area contributed by atoms with Gasteiger partial charge in [0.05, 0.1) is 22.3 Å². The lowest BCUT2D eigenvalue weighted by molar-refractivity contribution is -0.133. The Morgan fingerprint density at radius 2 is 1.93 bits per heavy atom. The summed E-state index contributed by atoms with van der Waals surface area (Å²) in [5, 5.41) is 3.47. The van der Waals surface area contributed by atoms with Gasteiger partial charge in [-0.15, -0.1) is 0 Å². The molecule has 1 aliphatic carbocycles. The molecule has 0 bridgehead atoms. The number of amides is 3. The van der Waals surface area contributed by atoms with Crippen LogP contribution in [-0.2, 0) is 18.4 Å². The van der Waals surface area contributed by atoms with Crippen molar-refractivity contribution in [3.8, 4) is 0 Å². The number of halogens is 2. The monoisotopic (exact) mass is 450 g/mol. The number of rotatable bonds is 8. The second kappa shape index (κ2) is 9.75. The maximum absolute atomic E-state index is 13.2. The summed E-state index contributed by atoms with van der Waals surface area (Å²) in [6, 6.07) is 8.79. The molecule has 2 aromatic rings. The summed E-state index contributed by atoms with van der Waals surface area (Å²) in [7, 11) is 1.96. The van der Waals surface area contributed by atoms with Crippen molar-refractivity contribution in [1.29, 1.82) is 0 Å². The van der Waals surface area contributed by atoms with Gasteiger partial charge in [-0.05, 0) is 43.0 Å². The number of aromatic nitrogens is 1. The zero-order chi connectivity index (χ0) is 21.8. The lowest BCUT2D eigenvalue weighted by atomic mass is 10.2. The highest BCUT2D eigenvalue weighted by molar-refractivity contribution is 6.43. The lowest BCUT2D eigenvalue weighted by Gasteiger charge is -2.29. The van der Waals surface area contributed by atoms with E-state index in [0.717, 1.165) is 18.5 Å². The average molecular weight is 451 g/mol. The topological polar surface area (TPSA) is 57.6 Å². The van der Waals surface area contributed by atoms with Crippen LogP contribution in [0.2, 0.25) is 10.0 Å². The molecule has 1 aromatic heterocycles. The maximum atomic E-state index is 13.2. The first kappa shape index (κ1) is 22.5. The molecule has 162 valence electrons. The quantitative estimate of drug-likeness (QED) is 0.613. The minimum atomic E-state index is -0.335. The Balaban J connectivity index is 1.72. The van der Waals surface area contributed by atoms with E-state index in [1.165, 1.54) is 0 Å². The molecule has 1 N–H and O–H groups in total. The zero-order valence-corrected chi connectivity index (χ0v) is 19.1. The summed E-state index contributed by atoms with van der Waals surface area (Å²) >= 11 is 12.2. The first-order valence-electron chi connectivity index (χ1n) is 10.2. The number of nitrogens with one attached hydrogen (secondary N) is 1. The molecule has 1 fully saturated rings. The largest absolute Gasteiger partial charge is 0.353 e. The number of hydrogen-bond acceptors (Lipinski definition) is 2. The van der Waals surface area contributed by atoms with Crippen molar-refractivity contribution in [2.24, 2.45) is 13.0 Å². The highest BCUT2D eigenvalue weighted by Gasteiger charge is 2.35. The standard InChI is InChI=1S/C22H28Cl2N4O2/c1-15(2)12-27(13-17-6-5-11-26(17)3)20(29)14-28(16-9-10-16)22(30)25-19-8-4-7-18(23)21(19)24/h4-8,11,15-16H,9-10,12-14H2,1-3H3,(H,25,30). The predicted octanol–water partition coefficient (Wildman–Crippen LogP) is 5.01. The van der Waals surface area contributed by atoms with Crippen LogP contribution in [-0.4, -0.2) is 45.4 Å². The van der Waals surface area contributed by atoms with E-state index in [4.69, 9.17) is 23.2 Å². The van der Waals surface area contributed by atoms with E-state index in [1.807, 2.05) is 34.8 Å². The molecule has 3 amide bonds. The van der Waals surface area contributed by atoms with E-state index in [-0.39, 0.29) is 24.5 Å². The minimum absolute atomic E-state index is 0.0336. The first-order valence-corrected chi connectivity index (χ1v) is 10.9. The van der Waals surface area contributed by atoms with E-state index < -0.39 is 0 Å². The Hall–Kier alpha value is -2.18. The number of urea groups is 1. The van der Waals surface area contributed by atoms with Crippen LogP contribution in [0.25, 0.3) is 0 Å². The summed E-state index contributed by atoms with van der Waals surface area (Å²) in [4.78, 5) is 29.6. The molecular weight excluding hydrogens is 423 g/mol. The van der Waals surface area contributed by atoms with Gasteiger partial charge >= 0.3 is 6.03 Å². The summed E-state index contributed by atoms with van der Waals surface area (Å²) < 4.78 is 2.01. The lowest BCUT2D eigenvalue weighted by Crippen LogP contribution is -2.46. The van der Waals surface area contributed by atoms with E-state index in [9.17, 15) is 9.59 Å². The van der Waals surface area contributed by atoms with Gasteiger partial charge in [-0.3, -0.25) is 4.79 Å². The van der Waals surface area contributed by atoms with Crippen molar-refractivity contribution in [3.63, 3.8) is 0 Å². The Labute approximate surface area is 187 Å². The Bertz CT molecular complexity index is 908. The van der Waals surface area contributed by atoms with Crippen LogP contribution in [0, 0.1) is 5.92 Å². The van der Waals surface area contributed by atoms with E-state index >= 15 is 0 Å². The summed E-state index contributed by atoms with van der Waals surface area (Å²) in [6.07, 6.45) is 3.75. The molecule has 0 unspecified atom stereocenters. The molecule has 0 spiro atoms. The minimum Gasteiger partial charge on any atom is -0.353 e. The SMILES string of the molecule is CC(C)CN(Cc1cccn1C)C(=O)CN(C(=O)Nc1cccc(Cl)c1Cl)C1CC1. The number of aryl methyl sites for hydroxylation is 1. The average Bonchev–Trinajstić information content (AvgIpc) is 3.45. The normalized spacial score (nSPS) is 13.4. The predicted molar refractivity (Wildman–Crippen MR) is 121 cm³/mol. The fourth-order valence-electron chi connectivity index (χ4n) is 3.34. The third-order valence-corrected chi connectivity index (χ3v) is 5.91. The number of carbonyl (C=O) groups is 2. The van der Waals surface area contributed by atoms with Crippen molar-refractivity contribution in [3.05, 3.63) is 52.3 Å². The third kappa shape index (κ3) is 5.70. The summed E-state index contributed by atoms with van der Waals surface area (Å²) in [6.45, 7) is 5.34. The molecule has 0 aliphatic heterocycles. The molecule has 1 aromatic carbocycles. The van der Waals surface area contributed by atoms with Crippen molar-refractivity contribution >= 4 is 40.8 Å². The fraction of sp³-hybridized carbons (Fsp3) is 0.455. The molecule has 1 saturated carbocycles. The highest BCUT2D eigenvalue weighted by atomic mass is 35.5. The van der Waals surface area contributed by atoms with Gasteiger partial charge in [-0.25, -0.2) is 4.79 Å². The van der Waals surface area contributed by atoms with Crippen LogP contribution in [0.5, 0.6) is 0 Å². The Kier molecular flexibility index (Phi) is 7.32. The van der Waals surface area contributed by atoms with Gasteiger partial charge in [-0.2, -0.15) is 0 Å². The van der Waals surface area contributed by atoms with E-state index in [1.54, 1.807) is 23.1 Å². The number of anilines is 1. The molecule has 30 heavy (non-hydrogen) atoms. The van der Waals surface area contributed by atoms with Crippen LogP contribution < -0.4 is 5.32 Å². The van der Waals surface area contributed by atoms with Crippen molar-refractivity contribution in [1.82, 2.24) is 14.4 Å². The fourth-order valence-corrected chi connectivity index (χ4v) is 3.69. The number of benzene rings is 1. The first-order chi connectivity index (χ1) is 14.3. The zero-order valence-electron chi connectivity index (χ0n) is 17.6. The summed E-state index contributed by atoms with van der Waals surface area (Å²) in [5.74, 6) is 0.256. The van der Waals surface area contributed by atoms with Gasteiger partial charge < -0.3 is 19.7 Å². The second-order valence-electron chi connectivity index (χ2n) is 8.17. The molecule has 1 heterocycles. The maximum Gasteiger partial charge on any atom is 0.322 e. The van der Waals surface area contributed by atoms with Crippen LogP contribution in [0.1, 0.15) is 32.4 Å². The van der Waals surface area contributed by atoms with Gasteiger partial charge in [0.2, 0.25) is 5.91 Å². The molecule has 6 nitrogen and oxygen atoms in total. The molecule has 0 saturated heterocycles. The van der Waals surface area contributed by atoms with E-state index in [2.05, 4.69) is 19.2 Å². The smallest absolute Gasteiger partial charge is 0.322 e. The second-order valence-corrected chi connectivity index (χ2v) is 8.95. The Morgan fingerprint density at radius 3 is 2.53 bits per heavy atom. The number of hydrogen-bond donors (Lipinski definition) is 1. The number of carbonyl (C=O) groups excluding carboxylic acids is 2. The van der Waals surface area contributed by atoms with Crippen LogP contribution >= 0.6 is 23.2 Å².